The van der Waals surface area contributed by atoms with Crippen LogP contribution in [0.5, 0.6) is 0 Å². The quantitative estimate of drug-likeness (QED) is 0.738. The van der Waals surface area contributed by atoms with E-state index < -0.39 is 13.0 Å². The van der Waals surface area contributed by atoms with Crippen LogP contribution in [0.15, 0.2) is 23.4 Å². The zero-order valence-electron chi connectivity index (χ0n) is 13.4. The van der Waals surface area contributed by atoms with Crippen molar-refractivity contribution in [2.75, 3.05) is 0 Å². The van der Waals surface area contributed by atoms with Crippen LogP contribution in [0.4, 0.5) is 8.78 Å². The molecule has 0 atom stereocenters. The maximum absolute atomic E-state index is 12.4. The Morgan fingerprint density at radius 2 is 1.96 bits per heavy atom. The van der Waals surface area contributed by atoms with Crippen molar-refractivity contribution < 1.29 is 8.78 Å². The summed E-state index contributed by atoms with van der Waals surface area (Å²) in [6.45, 7) is 5.19. The van der Waals surface area contributed by atoms with E-state index in [1.807, 2.05) is 13.8 Å². The van der Waals surface area contributed by atoms with E-state index in [1.165, 1.54) is 21.5 Å². The molecule has 7 nitrogen and oxygen atoms in total. The fourth-order valence-electron chi connectivity index (χ4n) is 2.14. The summed E-state index contributed by atoms with van der Waals surface area (Å²) in [5.41, 5.74) is 1.05. The number of alkyl halides is 2. The number of aromatic nitrogens is 6. The SMILES string of the molecule is CC.Cc1ncc2c(n1)n(-c1cnn(CC(F)F)c1)c(=O)n2C. The van der Waals surface area contributed by atoms with Crippen LogP contribution >= 0.6 is 0 Å². The molecule has 0 unspecified atom stereocenters. The van der Waals surface area contributed by atoms with Gasteiger partial charge in [-0.05, 0) is 6.92 Å². The first-order valence-electron chi connectivity index (χ1n) is 7.19. The van der Waals surface area contributed by atoms with Crippen molar-refractivity contribution in [3.8, 4) is 5.69 Å². The third-order valence-corrected chi connectivity index (χ3v) is 3.12. The Bertz CT molecular complexity index is 864. The number of rotatable bonds is 3. The van der Waals surface area contributed by atoms with Gasteiger partial charge in [0.1, 0.15) is 17.9 Å². The van der Waals surface area contributed by atoms with Gasteiger partial charge in [-0.25, -0.2) is 28.1 Å². The second kappa shape index (κ2) is 6.67. The number of nitrogens with zero attached hydrogens (tertiary/aromatic N) is 6. The predicted molar refractivity (Wildman–Crippen MR) is 82.0 cm³/mol. The molecule has 0 aliphatic rings. The summed E-state index contributed by atoms with van der Waals surface area (Å²) >= 11 is 0. The molecule has 23 heavy (non-hydrogen) atoms. The fraction of sp³-hybridized carbons (Fsp3) is 0.429. The van der Waals surface area contributed by atoms with Crippen LogP contribution in [-0.4, -0.2) is 35.3 Å². The molecule has 0 aromatic carbocycles. The van der Waals surface area contributed by atoms with Crippen LogP contribution in [0.1, 0.15) is 19.7 Å². The largest absolute Gasteiger partial charge is 0.334 e. The number of hydrogen-bond acceptors (Lipinski definition) is 4. The van der Waals surface area contributed by atoms with Gasteiger partial charge in [0.15, 0.2) is 5.65 Å². The molecule has 0 saturated heterocycles. The van der Waals surface area contributed by atoms with Crippen molar-refractivity contribution in [2.45, 2.75) is 33.7 Å². The smallest absolute Gasteiger partial charge is 0.292 e. The maximum Gasteiger partial charge on any atom is 0.334 e. The van der Waals surface area contributed by atoms with E-state index in [4.69, 9.17) is 0 Å². The zero-order chi connectivity index (χ0) is 17.1. The molecule has 9 heteroatoms. The van der Waals surface area contributed by atoms with Gasteiger partial charge in [0, 0.05) is 13.2 Å². The standard InChI is InChI=1S/C12H12F2N6O.C2H6/c1-7-15-4-9-11(17-7)20(12(21)18(9)2)8-3-16-19(5-8)6-10(13)14;1-2/h3-5,10H,6H2,1-2H3;1-2H3. The third-order valence-electron chi connectivity index (χ3n) is 3.12. The monoisotopic (exact) mass is 324 g/mol. The minimum Gasteiger partial charge on any atom is -0.292 e. The number of fused-ring (bicyclic) bond motifs is 1. The second-order valence-electron chi connectivity index (χ2n) is 4.61. The van der Waals surface area contributed by atoms with Gasteiger partial charge in [0.2, 0.25) is 0 Å². The van der Waals surface area contributed by atoms with Crippen molar-refractivity contribution in [3.05, 3.63) is 34.9 Å². The number of hydrogen-bond donors (Lipinski definition) is 0. The first-order valence-corrected chi connectivity index (χ1v) is 7.19. The lowest BCUT2D eigenvalue weighted by atomic mass is 10.5. The van der Waals surface area contributed by atoms with Crippen LogP contribution in [0.25, 0.3) is 16.9 Å². The number of imidazole rings is 1. The van der Waals surface area contributed by atoms with E-state index >= 15 is 0 Å². The average molecular weight is 324 g/mol. The van der Waals surface area contributed by atoms with Gasteiger partial charge in [0.05, 0.1) is 18.1 Å². The Hall–Kier alpha value is -2.58. The molecule has 0 amide bonds. The molecule has 0 spiro atoms. The van der Waals surface area contributed by atoms with Gasteiger partial charge in [0.25, 0.3) is 6.43 Å². The van der Waals surface area contributed by atoms with Crippen LogP contribution in [0.3, 0.4) is 0 Å². The van der Waals surface area contributed by atoms with Crippen molar-refractivity contribution in [1.82, 2.24) is 28.9 Å². The molecule has 0 radical (unpaired) electrons. The molecule has 3 heterocycles. The minimum atomic E-state index is -2.51. The van der Waals surface area contributed by atoms with Gasteiger partial charge in [-0.3, -0.25) is 9.25 Å². The average Bonchev–Trinajstić information content (AvgIpc) is 3.04. The molecule has 124 valence electrons. The predicted octanol–water partition coefficient (Wildman–Crippen LogP) is 1.92. The van der Waals surface area contributed by atoms with E-state index in [0.29, 0.717) is 22.7 Å². The summed E-state index contributed by atoms with van der Waals surface area (Å²) in [4.78, 5) is 20.6. The van der Waals surface area contributed by atoms with Gasteiger partial charge in [-0.1, -0.05) is 13.8 Å². The summed E-state index contributed by atoms with van der Waals surface area (Å²) in [6, 6.07) is 0. The van der Waals surface area contributed by atoms with Crippen LogP contribution in [0, 0.1) is 6.92 Å². The zero-order valence-corrected chi connectivity index (χ0v) is 13.4. The normalized spacial score (nSPS) is 10.9. The molecule has 3 rings (SSSR count). The highest BCUT2D eigenvalue weighted by molar-refractivity contribution is 5.72. The fourth-order valence-corrected chi connectivity index (χ4v) is 2.14. The molecular formula is C14H18F2N6O. The van der Waals surface area contributed by atoms with Gasteiger partial charge in [-0.2, -0.15) is 5.10 Å². The van der Waals surface area contributed by atoms with Crippen molar-refractivity contribution in [2.24, 2.45) is 7.05 Å². The minimum absolute atomic E-state index is 0.332. The first-order chi connectivity index (χ1) is 11.0. The third kappa shape index (κ3) is 3.13. The summed E-state index contributed by atoms with van der Waals surface area (Å²) in [6.07, 6.45) is 1.80. The van der Waals surface area contributed by atoms with Crippen LogP contribution in [0.2, 0.25) is 0 Å². The lowest BCUT2D eigenvalue weighted by Gasteiger charge is -1.99. The van der Waals surface area contributed by atoms with E-state index in [2.05, 4.69) is 15.1 Å². The highest BCUT2D eigenvalue weighted by atomic mass is 19.3. The van der Waals surface area contributed by atoms with Crippen molar-refractivity contribution in [3.63, 3.8) is 0 Å². The van der Waals surface area contributed by atoms with Gasteiger partial charge < -0.3 is 0 Å². The molecule has 0 aliphatic carbocycles. The first kappa shape index (κ1) is 16.8. The Morgan fingerprint density at radius 1 is 1.26 bits per heavy atom. The summed E-state index contributed by atoms with van der Waals surface area (Å²) in [5, 5.41) is 3.84. The Labute approximate surface area is 131 Å². The van der Waals surface area contributed by atoms with E-state index in [-0.39, 0.29) is 5.69 Å². The van der Waals surface area contributed by atoms with E-state index in [1.54, 1.807) is 20.2 Å². The molecule has 0 fully saturated rings. The van der Waals surface area contributed by atoms with Gasteiger partial charge in [-0.15, -0.1) is 0 Å². The highest BCUT2D eigenvalue weighted by Crippen LogP contribution is 2.14. The van der Waals surface area contributed by atoms with Crippen molar-refractivity contribution in [1.29, 1.82) is 0 Å². The molecule has 0 bridgehead atoms. The molecule has 3 aromatic rings. The number of aryl methyl sites for hydroxylation is 2. The maximum atomic E-state index is 12.4. The summed E-state index contributed by atoms with van der Waals surface area (Å²) in [7, 11) is 1.60. The Morgan fingerprint density at radius 3 is 2.61 bits per heavy atom. The Balaban J connectivity index is 0.000000924. The van der Waals surface area contributed by atoms with Crippen LogP contribution in [-0.2, 0) is 13.6 Å². The topological polar surface area (TPSA) is 70.5 Å². The summed E-state index contributed by atoms with van der Waals surface area (Å²) < 4.78 is 28.6. The molecule has 0 N–H and O–H groups in total. The number of halogens is 2. The molecular weight excluding hydrogens is 306 g/mol. The summed E-state index contributed by atoms with van der Waals surface area (Å²) in [5.74, 6) is 0.516. The molecule has 3 aromatic heterocycles. The van der Waals surface area contributed by atoms with Gasteiger partial charge >= 0.3 is 5.69 Å². The molecule has 0 saturated carbocycles. The van der Waals surface area contributed by atoms with Crippen LogP contribution < -0.4 is 5.69 Å². The van der Waals surface area contributed by atoms with E-state index in [0.717, 1.165) is 4.68 Å². The second-order valence-corrected chi connectivity index (χ2v) is 4.61. The Kier molecular flexibility index (Phi) is 4.87. The van der Waals surface area contributed by atoms with Crippen molar-refractivity contribution >= 4 is 11.2 Å². The van der Waals surface area contributed by atoms with E-state index in [9.17, 15) is 13.6 Å². The lowest BCUT2D eigenvalue weighted by Crippen LogP contribution is -2.20. The molecule has 0 aliphatic heterocycles. The lowest BCUT2D eigenvalue weighted by molar-refractivity contribution is 0.122. The highest BCUT2D eigenvalue weighted by Gasteiger charge is 2.16.